The number of amides is 1. The number of carbonyl (C=O) groups is 1. The maximum Gasteiger partial charge on any atom is 0.284 e. The van der Waals surface area contributed by atoms with Gasteiger partial charge in [0.05, 0.1) is 6.21 Å². The normalized spacial score (nSPS) is 16.3. The minimum Gasteiger partial charge on any atom is -0.507 e. The average Bonchev–Trinajstić information content (AvgIpc) is 2.56. The summed E-state index contributed by atoms with van der Waals surface area (Å²) in [6, 6.07) is 12.3. The molecule has 1 aliphatic heterocycles. The predicted molar refractivity (Wildman–Crippen MR) is 84.9 cm³/mol. The average molecular weight is 312 g/mol. The highest BCUT2D eigenvalue weighted by molar-refractivity contribution is 5.86. The van der Waals surface area contributed by atoms with Gasteiger partial charge < -0.3 is 14.6 Å². The summed E-state index contributed by atoms with van der Waals surface area (Å²) in [6.45, 7) is 1.99. The van der Waals surface area contributed by atoms with Crippen LogP contribution in [0.5, 0.6) is 17.2 Å². The number of hydrazone groups is 1. The Morgan fingerprint density at radius 1 is 1.30 bits per heavy atom. The summed E-state index contributed by atoms with van der Waals surface area (Å²) in [7, 11) is 0. The first kappa shape index (κ1) is 14.9. The lowest BCUT2D eigenvalue weighted by molar-refractivity contribution is -0.130. The molecule has 6 heteroatoms. The van der Waals surface area contributed by atoms with Gasteiger partial charge in [-0.2, -0.15) is 5.10 Å². The third-order valence-electron chi connectivity index (χ3n) is 3.37. The SMILES string of the molecule is Cc1ccc(/C=N/NC(=O)[C@@H]2COc3ccccc3O2)c(O)c1. The van der Waals surface area contributed by atoms with Gasteiger partial charge in [0, 0.05) is 5.56 Å². The first-order chi connectivity index (χ1) is 11.1. The number of ether oxygens (including phenoxy) is 2. The molecule has 0 aromatic heterocycles. The molecule has 1 heterocycles. The molecule has 0 aliphatic carbocycles. The van der Waals surface area contributed by atoms with Gasteiger partial charge in [0.1, 0.15) is 12.4 Å². The van der Waals surface area contributed by atoms with Crippen molar-refractivity contribution in [2.45, 2.75) is 13.0 Å². The molecule has 6 nitrogen and oxygen atoms in total. The van der Waals surface area contributed by atoms with Crippen LogP contribution < -0.4 is 14.9 Å². The molecule has 0 fully saturated rings. The molecule has 0 saturated heterocycles. The third kappa shape index (κ3) is 3.42. The van der Waals surface area contributed by atoms with E-state index in [2.05, 4.69) is 10.5 Å². The van der Waals surface area contributed by atoms with Crippen LogP contribution in [0.1, 0.15) is 11.1 Å². The number of carbonyl (C=O) groups excluding carboxylic acids is 1. The number of benzene rings is 2. The molecule has 118 valence electrons. The molecule has 0 radical (unpaired) electrons. The van der Waals surface area contributed by atoms with Crippen molar-refractivity contribution in [3.8, 4) is 17.2 Å². The first-order valence-corrected chi connectivity index (χ1v) is 7.14. The van der Waals surface area contributed by atoms with E-state index < -0.39 is 12.0 Å². The Morgan fingerprint density at radius 2 is 2.09 bits per heavy atom. The lowest BCUT2D eigenvalue weighted by Crippen LogP contribution is -2.42. The number of nitrogens with one attached hydrogen (secondary N) is 1. The third-order valence-corrected chi connectivity index (χ3v) is 3.37. The number of rotatable bonds is 3. The Hall–Kier alpha value is -3.02. The fraction of sp³-hybridized carbons (Fsp3) is 0.176. The van der Waals surface area contributed by atoms with Gasteiger partial charge in [-0.15, -0.1) is 0 Å². The smallest absolute Gasteiger partial charge is 0.284 e. The monoisotopic (exact) mass is 312 g/mol. The zero-order valence-corrected chi connectivity index (χ0v) is 12.5. The van der Waals surface area contributed by atoms with Crippen LogP contribution in [0.15, 0.2) is 47.6 Å². The highest BCUT2D eigenvalue weighted by atomic mass is 16.6. The quantitative estimate of drug-likeness (QED) is 0.671. The molecule has 2 aromatic rings. The lowest BCUT2D eigenvalue weighted by Gasteiger charge is -2.24. The molecule has 0 unspecified atom stereocenters. The van der Waals surface area contributed by atoms with Gasteiger partial charge in [-0.1, -0.05) is 18.2 Å². The number of hydrogen-bond acceptors (Lipinski definition) is 5. The van der Waals surface area contributed by atoms with Crippen molar-refractivity contribution in [2.24, 2.45) is 5.10 Å². The molecule has 23 heavy (non-hydrogen) atoms. The predicted octanol–water partition coefficient (Wildman–Crippen LogP) is 1.99. The topological polar surface area (TPSA) is 80.2 Å². The summed E-state index contributed by atoms with van der Waals surface area (Å²) in [4.78, 5) is 12.0. The van der Waals surface area contributed by atoms with Gasteiger partial charge in [-0.3, -0.25) is 4.79 Å². The summed E-state index contributed by atoms with van der Waals surface area (Å²) in [6.07, 6.45) is 0.610. The highest BCUT2D eigenvalue weighted by Crippen LogP contribution is 2.30. The zero-order valence-electron chi connectivity index (χ0n) is 12.5. The van der Waals surface area contributed by atoms with Crippen molar-refractivity contribution in [1.29, 1.82) is 0 Å². The Bertz CT molecular complexity index is 758. The van der Waals surface area contributed by atoms with Crippen LogP contribution in [0.3, 0.4) is 0 Å². The van der Waals surface area contributed by atoms with Crippen LogP contribution in [-0.2, 0) is 4.79 Å². The van der Waals surface area contributed by atoms with Crippen molar-refractivity contribution < 1.29 is 19.4 Å². The zero-order chi connectivity index (χ0) is 16.2. The molecule has 0 saturated carbocycles. The van der Waals surface area contributed by atoms with Crippen LogP contribution in [0.25, 0.3) is 0 Å². The standard InChI is InChI=1S/C17H16N2O4/c1-11-6-7-12(13(20)8-11)9-18-19-17(21)16-10-22-14-4-2-3-5-15(14)23-16/h2-9,16,20H,10H2,1H3,(H,19,21)/b18-9+/t16-/m0/s1. The first-order valence-electron chi connectivity index (χ1n) is 7.14. The number of phenols is 1. The van der Waals surface area contributed by atoms with E-state index in [0.29, 0.717) is 17.1 Å². The molecule has 2 N–H and O–H groups in total. The minimum absolute atomic E-state index is 0.106. The molecule has 1 aliphatic rings. The minimum atomic E-state index is -0.770. The second-order valence-electron chi connectivity index (χ2n) is 5.16. The van der Waals surface area contributed by atoms with E-state index in [1.807, 2.05) is 19.1 Å². The van der Waals surface area contributed by atoms with Gasteiger partial charge in [-0.25, -0.2) is 5.43 Å². The fourth-order valence-electron chi connectivity index (χ4n) is 2.15. The van der Waals surface area contributed by atoms with Gasteiger partial charge in [0.15, 0.2) is 11.5 Å². The number of nitrogens with zero attached hydrogens (tertiary/aromatic N) is 1. The molecular weight excluding hydrogens is 296 g/mol. The van der Waals surface area contributed by atoms with E-state index in [-0.39, 0.29) is 12.4 Å². The number of fused-ring (bicyclic) bond motifs is 1. The van der Waals surface area contributed by atoms with Crippen LogP contribution in [0, 0.1) is 6.92 Å². The van der Waals surface area contributed by atoms with Crippen LogP contribution >= 0.6 is 0 Å². The van der Waals surface area contributed by atoms with E-state index >= 15 is 0 Å². The van der Waals surface area contributed by atoms with Crippen molar-refractivity contribution in [2.75, 3.05) is 6.61 Å². The largest absolute Gasteiger partial charge is 0.507 e. The van der Waals surface area contributed by atoms with Gasteiger partial charge in [0.2, 0.25) is 6.10 Å². The molecule has 0 bridgehead atoms. The van der Waals surface area contributed by atoms with Gasteiger partial charge in [-0.05, 0) is 36.8 Å². The van der Waals surface area contributed by atoms with E-state index in [1.165, 1.54) is 6.21 Å². The molecule has 2 aromatic carbocycles. The number of para-hydroxylation sites is 2. The van der Waals surface area contributed by atoms with E-state index in [1.54, 1.807) is 30.3 Å². The van der Waals surface area contributed by atoms with Crippen LogP contribution in [0.2, 0.25) is 0 Å². The van der Waals surface area contributed by atoms with Crippen molar-refractivity contribution in [3.63, 3.8) is 0 Å². The molecule has 3 rings (SSSR count). The van der Waals surface area contributed by atoms with Crippen molar-refractivity contribution in [1.82, 2.24) is 5.43 Å². The summed E-state index contributed by atoms with van der Waals surface area (Å²) in [5.41, 5.74) is 3.84. The molecular formula is C17H16N2O4. The Balaban J connectivity index is 1.61. The number of hydrogen-bond donors (Lipinski definition) is 2. The van der Waals surface area contributed by atoms with E-state index in [0.717, 1.165) is 5.56 Å². The van der Waals surface area contributed by atoms with Gasteiger partial charge in [0.25, 0.3) is 5.91 Å². The van der Waals surface area contributed by atoms with Crippen molar-refractivity contribution >= 4 is 12.1 Å². The fourth-order valence-corrected chi connectivity index (χ4v) is 2.15. The lowest BCUT2D eigenvalue weighted by atomic mass is 10.1. The van der Waals surface area contributed by atoms with E-state index in [9.17, 15) is 9.90 Å². The Morgan fingerprint density at radius 3 is 2.87 bits per heavy atom. The second-order valence-corrected chi connectivity index (χ2v) is 5.16. The molecule has 1 amide bonds. The Labute approximate surface area is 133 Å². The number of aromatic hydroxyl groups is 1. The summed E-state index contributed by atoms with van der Waals surface area (Å²) in [5.74, 6) is 0.834. The molecule has 0 spiro atoms. The van der Waals surface area contributed by atoms with E-state index in [4.69, 9.17) is 9.47 Å². The maximum atomic E-state index is 12.0. The number of aryl methyl sites for hydroxylation is 1. The summed E-state index contributed by atoms with van der Waals surface area (Å²) >= 11 is 0. The second kappa shape index (κ2) is 6.39. The van der Waals surface area contributed by atoms with Crippen molar-refractivity contribution in [3.05, 3.63) is 53.6 Å². The Kier molecular flexibility index (Phi) is 4.14. The van der Waals surface area contributed by atoms with Gasteiger partial charge >= 0.3 is 0 Å². The highest BCUT2D eigenvalue weighted by Gasteiger charge is 2.26. The molecule has 1 atom stereocenters. The maximum absolute atomic E-state index is 12.0. The summed E-state index contributed by atoms with van der Waals surface area (Å²) < 4.78 is 11.1. The summed E-state index contributed by atoms with van der Waals surface area (Å²) in [5, 5.41) is 13.6. The number of phenolic OH excluding ortho intramolecular Hbond substituents is 1. The van der Waals surface area contributed by atoms with Crippen LogP contribution in [-0.4, -0.2) is 29.9 Å². The van der Waals surface area contributed by atoms with Crippen LogP contribution in [0.4, 0.5) is 0 Å².